The van der Waals surface area contributed by atoms with Gasteiger partial charge in [-0.2, -0.15) is 5.01 Å². The molecular formula is C41H35Cl2N3O6. The van der Waals surface area contributed by atoms with Crippen LogP contribution >= 0.6 is 23.2 Å². The number of imide groups is 2. The number of nitrogens with zero attached hydrogens (tertiary/aromatic N) is 2. The number of fused-ring (bicyclic) bond motifs is 4. The predicted octanol–water partition coefficient (Wildman–Crippen LogP) is 7.20. The average Bonchev–Trinajstić information content (AvgIpc) is 3.51. The van der Waals surface area contributed by atoms with Crippen molar-refractivity contribution in [2.45, 2.75) is 37.6 Å². The number of likely N-dealkylation sites (tertiary alicyclic amines) is 1. The minimum absolute atomic E-state index is 0.0893. The number of allylic oxidation sites excluding steroid dienone is 2. The summed E-state index contributed by atoms with van der Waals surface area (Å²) in [4.78, 5) is 59.9. The van der Waals surface area contributed by atoms with E-state index in [1.807, 2.05) is 54.6 Å². The maximum Gasteiger partial charge on any atom is 0.260 e. The normalized spacial score (nSPS) is 26.5. The van der Waals surface area contributed by atoms with Gasteiger partial charge >= 0.3 is 0 Å². The van der Waals surface area contributed by atoms with E-state index in [4.69, 9.17) is 27.9 Å². The van der Waals surface area contributed by atoms with E-state index in [-0.39, 0.29) is 35.6 Å². The third-order valence-corrected chi connectivity index (χ3v) is 12.0. The molecule has 2 heterocycles. The van der Waals surface area contributed by atoms with E-state index in [1.54, 1.807) is 50.4 Å². The number of anilines is 1. The summed E-state index contributed by atoms with van der Waals surface area (Å²) in [6, 6.07) is 26.5. The molecule has 4 aliphatic rings. The molecule has 0 unspecified atom stereocenters. The number of carbonyl (C=O) groups excluding carboxylic acids is 4. The molecular weight excluding hydrogens is 701 g/mol. The van der Waals surface area contributed by atoms with Crippen LogP contribution < -0.4 is 10.2 Å². The van der Waals surface area contributed by atoms with Crippen LogP contribution in [0.25, 0.3) is 0 Å². The van der Waals surface area contributed by atoms with Crippen molar-refractivity contribution in [3.05, 3.63) is 135 Å². The first kappa shape index (κ1) is 34.0. The minimum Gasteiger partial charge on any atom is -0.508 e. The molecule has 264 valence electrons. The van der Waals surface area contributed by atoms with Gasteiger partial charge in [-0.05, 0) is 84.3 Å². The van der Waals surface area contributed by atoms with Crippen molar-refractivity contribution < 1.29 is 29.0 Å². The molecule has 6 atom stereocenters. The zero-order valence-corrected chi connectivity index (χ0v) is 29.9. The number of nitrogens with one attached hydrogen (secondary N) is 1. The summed E-state index contributed by atoms with van der Waals surface area (Å²) in [7, 11) is 1.55. The number of phenols is 1. The fourth-order valence-corrected chi connectivity index (χ4v) is 9.51. The van der Waals surface area contributed by atoms with Gasteiger partial charge in [-0.1, -0.05) is 89.4 Å². The first-order chi connectivity index (χ1) is 25.0. The quantitative estimate of drug-likeness (QED) is 0.152. The van der Waals surface area contributed by atoms with E-state index in [1.165, 1.54) is 11.0 Å². The monoisotopic (exact) mass is 735 g/mol. The average molecular weight is 737 g/mol. The SMILES string of the molecule is COc1ccc([C@@]23C(=O)N(Nc4ccc(Cl)cc4Cl)C(=O)[C@@H]2C[C@@H]2C(=CC[C@@H]4C(=O)N(Cc5ccccc5)C(=O)[C@@H]42)[C@@H]3c2ccc(O)c(C)c2)cc1. The smallest absolute Gasteiger partial charge is 0.260 e. The van der Waals surface area contributed by atoms with Crippen molar-refractivity contribution in [1.82, 2.24) is 9.91 Å². The summed E-state index contributed by atoms with van der Waals surface area (Å²) in [5.74, 6) is -4.29. The van der Waals surface area contributed by atoms with Crippen molar-refractivity contribution in [1.29, 1.82) is 0 Å². The Kier molecular flexibility index (Phi) is 8.38. The van der Waals surface area contributed by atoms with Crippen LogP contribution in [-0.4, -0.2) is 45.8 Å². The molecule has 1 saturated carbocycles. The van der Waals surface area contributed by atoms with Crippen LogP contribution in [0.3, 0.4) is 0 Å². The molecule has 9 nitrogen and oxygen atoms in total. The Balaban J connectivity index is 1.31. The first-order valence-electron chi connectivity index (χ1n) is 17.2. The third-order valence-electron chi connectivity index (χ3n) is 11.4. The van der Waals surface area contributed by atoms with Gasteiger partial charge in [0.1, 0.15) is 11.5 Å². The minimum atomic E-state index is -1.48. The van der Waals surface area contributed by atoms with Gasteiger partial charge in [-0.25, -0.2) is 0 Å². The van der Waals surface area contributed by atoms with Crippen LogP contribution in [0.1, 0.15) is 41.0 Å². The topological polar surface area (TPSA) is 116 Å². The number of carbonyl (C=O) groups is 4. The molecule has 2 saturated heterocycles. The number of benzene rings is 4. The second kappa shape index (κ2) is 12.8. The molecule has 0 aromatic heterocycles. The number of hydrazine groups is 1. The Hall–Kier alpha value is -5.12. The molecule has 11 heteroatoms. The fraction of sp³-hybridized carbons (Fsp3) is 0.268. The highest BCUT2D eigenvalue weighted by atomic mass is 35.5. The molecule has 52 heavy (non-hydrogen) atoms. The van der Waals surface area contributed by atoms with Crippen molar-refractivity contribution >= 4 is 52.5 Å². The van der Waals surface area contributed by atoms with Gasteiger partial charge in [-0.15, -0.1) is 0 Å². The lowest BCUT2D eigenvalue weighted by molar-refractivity contribution is -0.142. The van der Waals surface area contributed by atoms with Gasteiger partial charge in [0.05, 0.1) is 47.5 Å². The molecule has 0 radical (unpaired) electrons. The highest BCUT2D eigenvalue weighted by molar-refractivity contribution is 6.36. The Morgan fingerprint density at radius 3 is 2.33 bits per heavy atom. The summed E-state index contributed by atoms with van der Waals surface area (Å²) in [6.07, 6.45) is 2.48. The Bertz CT molecular complexity index is 2170. The number of rotatable bonds is 7. The van der Waals surface area contributed by atoms with Gasteiger partial charge in [-0.3, -0.25) is 29.5 Å². The Morgan fingerprint density at radius 2 is 1.63 bits per heavy atom. The molecule has 2 N–H and O–H groups in total. The van der Waals surface area contributed by atoms with Crippen LogP contribution in [0.2, 0.25) is 10.0 Å². The van der Waals surface area contributed by atoms with Gasteiger partial charge in [0.15, 0.2) is 0 Å². The summed E-state index contributed by atoms with van der Waals surface area (Å²) >= 11 is 12.7. The van der Waals surface area contributed by atoms with E-state index in [2.05, 4.69) is 5.43 Å². The predicted molar refractivity (Wildman–Crippen MR) is 195 cm³/mol. The Morgan fingerprint density at radius 1 is 0.885 bits per heavy atom. The van der Waals surface area contributed by atoms with E-state index in [0.29, 0.717) is 39.6 Å². The number of ether oxygens (including phenoxy) is 1. The largest absolute Gasteiger partial charge is 0.508 e. The number of halogens is 2. The Labute approximate surface area is 310 Å². The number of hydrogen-bond acceptors (Lipinski definition) is 7. The summed E-state index contributed by atoms with van der Waals surface area (Å²) < 4.78 is 5.47. The lowest BCUT2D eigenvalue weighted by atomic mass is 9.49. The van der Waals surface area contributed by atoms with Gasteiger partial charge in [0.25, 0.3) is 11.8 Å². The van der Waals surface area contributed by atoms with Crippen molar-refractivity contribution in [3.63, 3.8) is 0 Å². The third kappa shape index (κ3) is 5.12. The molecule has 4 aromatic carbocycles. The molecule has 3 fully saturated rings. The highest BCUT2D eigenvalue weighted by Gasteiger charge is 2.70. The lowest BCUT2D eigenvalue weighted by Gasteiger charge is -2.50. The zero-order valence-electron chi connectivity index (χ0n) is 28.4. The van der Waals surface area contributed by atoms with Crippen molar-refractivity contribution in [2.75, 3.05) is 12.5 Å². The van der Waals surface area contributed by atoms with Crippen LogP contribution in [0.15, 0.2) is 103 Å². The molecule has 0 spiro atoms. The number of phenolic OH excluding ortho intramolecular Hbond substituents is 1. The molecule has 4 aromatic rings. The van der Waals surface area contributed by atoms with E-state index < -0.39 is 46.8 Å². The summed E-state index contributed by atoms with van der Waals surface area (Å²) in [6.45, 7) is 1.94. The van der Waals surface area contributed by atoms with Crippen molar-refractivity contribution in [2.24, 2.45) is 23.7 Å². The second-order valence-corrected chi connectivity index (χ2v) is 14.8. The first-order valence-corrected chi connectivity index (χ1v) is 17.9. The summed E-state index contributed by atoms with van der Waals surface area (Å²) in [5, 5.41) is 12.3. The van der Waals surface area contributed by atoms with Crippen LogP contribution in [0.5, 0.6) is 11.5 Å². The van der Waals surface area contributed by atoms with Gasteiger partial charge in [0, 0.05) is 10.9 Å². The standard InChI is InChI=1S/C41H35Cl2N3O6/c1-22-18-24(8-17-34(22)47)36-28-14-15-29-35(39(50)45(37(29)48)21-23-6-4-3-5-7-23)30(28)20-31-38(49)46(44-33-16-11-26(42)19-32(33)43)40(51)41(31,36)25-9-12-27(52-2)13-10-25/h3-14,16-19,29-31,35-36,44,47H,15,20-21H2,1-2H3/t29-,30+,31-,35-,36-,41+/m0/s1. The molecule has 2 aliphatic carbocycles. The maximum atomic E-state index is 15.4. The maximum absolute atomic E-state index is 15.4. The molecule has 4 amide bonds. The van der Waals surface area contributed by atoms with Crippen LogP contribution in [0.4, 0.5) is 5.69 Å². The van der Waals surface area contributed by atoms with Crippen LogP contribution in [-0.2, 0) is 31.1 Å². The zero-order chi connectivity index (χ0) is 36.5. The lowest BCUT2D eigenvalue weighted by Crippen LogP contribution is -2.53. The van der Waals surface area contributed by atoms with Gasteiger partial charge in [0.2, 0.25) is 11.8 Å². The summed E-state index contributed by atoms with van der Waals surface area (Å²) in [5.41, 5.74) is 5.41. The van der Waals surface area contributed by atoms with E-state index in [9.17, 15) is 19.5 Å². The molecule has 8 rings (SSSR count). The highest BCUT2D eigenvalue weighted by Crippen LogP contribution is 2.64. The second-order valence-electron chi connectivity index (χ2n) is 14.0. The van der Waals surface area contributed by atoms with Crippen molar-refractivity contribution in [3.8, 4) is 11.5 Å². The number of aryl methyl sites for hydroxylation is 1. The number of aromatic hydroxyl groups is 1. The van der Waals surface area contributed by atoms with Gasteiger partial charge < -0.3 is 9.84 Å². The fourth-order valence-electron chi connectivity index (χ4n) is 9.06. The van der Waals surface area contributed by atoms with Crippen LogP contribution in [0, 0.1) is 30.6 Å². The number of methoxy groups -OCH3 is 1. The molecule has 2 aliphatic heterocycles. The molecule has 0 bridgehead atoms. The number of amides is 4. The number of hydrogen-bond donors (Lipinski definition) is 2. The van der Waals surface area contributed by atoms with E-state index in [0.717, 1.165) is 16.1 Å². The van der Waals surface area contributed by atoms with E-state index >= 15 is 4.79 Å².